The molecule has 3 fully saturated rings. The van der Waals surface area contributed by atoms with Gasteiger partial charge in [-0.1, -0.05) is 281 Å². The number of phosphoric acid groups is 1. The zero-order valence-electron chi connectivity index (χ0n) is 58.6. The second-order valence-electron chi connectivity index (χ2n) is 29.0. The van der Waals surface area contributed by atoms with Crippen LogP contribution in [0.25, 0.3) is 0 Å². The van der Waals surface area contributed by atoms with E-state index in [1.165, 1.54) is 198 Å². The van der Waals surface area contributed by atoms with Crippen molar-refractivity contribution in [3.05, 3.63) is 11.6 Å². The average Bonchev–Trinajstić information content (AvgIpc) is 1.34. The fourth-order valence-corrected chi connectivity index (χ4v) is 18.6. The van der Waals surface area contributed by atoms with Crippen LogP contribution in [0, 0.1) is 46.3 Å². The van der Waals surface area contributed by atoms with Crippen LogP contribution >= 0.6 is 29.4 Å². The van der Waals surface area contributed by atoms with Crippen molar-refractivity contribution in [1.29, 1.82) is 0 Å². The fraction of sp³-hybridized carbons (Fsp3) is 0.919. The molecule has 4 aliphatic rings. The number of allylic oxidation sites excluding steroid dienone is 1. The summed E-state index contributed by atoms with van der Waals surface area (Å²) >= 11 is 0. The molecule has 90 heavy (non-hydrogen) atoms. The maximum Gasteiger partial charge on any atom is 0.472 e. The number of hydrogen-bond donors (Lipinski definition) is 3. The van der Waals surface area contributed by atoms with Gasteiger partial charge in [0.25, 0.3) is 0 Å². The van der Waals surface area contributed by atoms with Crippen LogP contribution in [0.3, 0.4) is 0 Å². The Morgan fingerprint density at radius 2 is 1.14 bits per heavy atom. The standard InChI is InChI=1S/C74H135N2O11PS2/c1-8-10-12-14-16-18-20-22-24-26-28-30-32-34-36-41-70(78)83-58-64(86-71(79)42-37-35-33-31-29-27-25-23-21-19-17-15-13-11-9-2)59-85-88(81,82)84-54-52-75-69(77)49-55-89-90-56-53-76-72(80)87-63-47-50-73(6)62(57-63)43-44-65-67-46-45-66(61(5)40-38-39-60(3)4)74(67,7)51-48-68(65)73/h43,60-61,63-68H,8-42,44-59H2,1-7H3,(H,75,77)(H,76,80)(H,81,82)/t61-,63+,64-,65+,66-,67+,68+,73+,74-/m1/s1. The van der Waals surface area contributed by atoms with E-state index in [1.54, 1.807) is 21.6 Å². The number of fused-ring (bicyclic) bond motifs is 5. The zero-order chi connectivity index (χ0) is 65.1. The molecular formula is C74H135N2O11PS2. The summed E-state index contributed by atoms with van der Waals surface area (Å²) in [6.07, 6.45) is 52.1. The molecular weight excluding hydrogens is 1190 g/mol. The second kappa shape index (κ2) is 48.0. The highest BCUT2D eigenvalue weighted by atomic mass is 33.1. The lowest BCUT2D eigenvalue weighted by Crippen LogP contribution is -2.51. The monoisotopic (exact) mass is 1320 g/mol. The van der Waals surface area contributed by atoms with Gasteiger partial charge in [0, 0.05) is 50.3 Å². The van der Waals surface area contributed by atoms with E-state index >= 15 is 0 Å². The van der Waals surface area contributed by atoms with Gasteiger partial charge in [0.1, 0.15) is 12.7 Å². The Bertz CT molecular complexity index is 2010. The third-order valence-corrected chi connectivity index (χ3v) is 24.7. The van der Waals surface area contributed by atoms with Gasteiger partial charge in [0.2, 0.25) is 5.91 Å². The van der Waals surface area contributed by atoms with E-state index in [-0.39, 0.29) is 62.5 Å². The molecule has 0 aromatic rings. The van der Waals surface area contributed by atoms with Crippen LogP contribution in [0.2, 0.25) is 0 Å². The van der Waals surface area contributed by atoms with Crippen molar-refractivity contribution in [2.24, 2.45) is 46.3 Å². The minimum absolute atomic E-state index is 0.0115. The molecule has 3 N–H and O–H groups in total. The van der Waals surface area contributed by atoms with Crippen molar-refractivity contribution in [1.82, 2.24) is 10.6 Å². The summed E-state index contributed by atoms with van der Waals surface area (Å²) in [4.78, 5) is 61.8. The predicted molar refractivity (Wildman–Crippen MR) is 376 cm³/mol. The first-order valence-corrected chi connectivity index (χ1v) is 41.6. The SMILES string of the molecule is CCCCCCCCCCCCCCCCCC(=O)OC[C@H](COP(=O)(O)OCCNC(=O)CCSSCCNC(=O)O[C@H]1CC[C@@]2(C)C(=CC[C@H]3[C@@H]4CC[C@H]([C@H](C)CCCC(C)C)[C@@]4(C)CC[C@@H]32)C1)OC(=O)CCCCCCCCCCCCCCCCC. The Kier molecular flexibility index (Phi) is 43.0. The normalized spacial score (nSPS) is 23.4. The molecule has 0 bridgehead atoms. The van der Waals surface area contributed by atoms with Crippen LogP contribution in [0.15, 0.2) is 11.6 Å². The van der Waals surface area contributed by atoms with Crippen LogP contribution in [0.5, 0.6) is 0 Å². The lowest BCUT2D eigenvalue weighted by molar-refractivity contribution is -0.161. The Labute approximate surface area is 558 Å². The van der Waals surface area contributed by atoms with Gasteiger partial charge >= 0.3 is 25.9 Å². The lowest BCUT2D eigenvalue weighted by Gasteiger charge is -2.58. The molecule has 13 nitrogen and oxygen atoms in total. The molecule has 0 saturated heterocycles. The molecule has 0 heterocycles. The topological polar surface area (TPSA) is 176 Å². The first kappa shape index (κ1) is 80.7. The van der Waals surface area contributed by atoms with Crippen molar-refractivity contribution in [2.75, 3.05) is 44.4 Å². The summed E-state index contributed by atoms with van der Waals surface area (Å²) in [5, 5.41) is 5.65. The van der Waals surface area contributed by atoms with Crippen molar-refractivity contribution < 1.29 is 51.9 Å². The number of rotatable bonds is 55. The number of unbranched alkanes of at least 4 members (excludes halogenated alkanes) is 28. The maximum absolute atomic E-state index is 13.0. The van der Waals surface area contributed by atoms with Crippen molar-refractivity contribution in [2.45, 2.75) is 343 Å². The number of phosphoric ester groups is 1. The van der Waals surface area contributed by atoms with Crippen molar-refractivity contribution in [3.8, 4) is 0 Å². The highest BCUT2D eigenvalue weighted by molar-refractivity contribution is 8.76. The van der Waals surface area contributed by atoms with E-state index in [2.05, 4.69) is 65.2 Å². The number of hydrogen-bond acceptors (Lipinski definition) is 12. The molecule has 3 saturated carbocycles. The third kappa shape index (κ3) is 33.3. The zero-order valence-corrected chi connectivity index (χ0v) is 61.1. The number of esters is 2. The number of carbonyl (C=O) groups excluding carboxylic acids is 4. The van der Waals surface area contributed by atoms with Gasteiger partial charge in [-0.2, -0.15) is 0 Å². The highest BCUT2D eigenvalue weighted by Gasteiger charge is 2.59. The molecule has 0 aromatic carbocycles. The van der Waals surface area contributed by atoms with E-state index < -0.39 is 32.5 Å². The molecule has 10 atom stereocenters. The molecule has 524 valence electrons. The first-order chi connectivity index (χ1) is 43.5. The van der Waals surface area contributed by atoms with Crippen LogP contribution in [0.1, 0.15) is 331 Å². The van der Waals surface area contributed by atoms with Crippen LogP contribution in [0.4, 0.5) is 4.79 Å². The Balaban J connectivity index is 1.05. The molecule has 4 rings (SSSR count). The molecule has 4 aliphatic carbocycles. The summed E-state index contributed by atoms with van der Waals surface area (Å²) in [7, 11) is -1.49. The van der Waals surface area contributed by atoms with Gasteiger partial charge in [-0.3, -0.25) is 23.4 Å². The second-order valence-corrected chi connectivity index (χ2v) is 33.2. The van der Waals surface area contributed by atoms with E-state index in [4.69, 9.17) is 23.3 Å². The Morgan fingerprint density at radius 3 is 1.71 bits per heavy atom. The van der Waals surface area contributed by atoms with Crippen LogP contribution in [-0.2, 0) is 42.2 Å². The van der Waals surface area contributed by atoms with Crippen molar-refractivity contribution in [3.63, 3.8) is 0 Å². The number of carbonyl (C=O) groups is 4. The summed E-state index contributed by atoms with van der Waals surface area (Å²) in [5.41, 5.74) is 2.21. The number of ether oxygens (including phenoxy) is 3. The van der Waals surface area contributed by atoms with Gasteiger partial charge < -0.3 is 29.7 Å². The van der Waals surface area contributed by atoms with Gasteiger partial charge in [-0.05, 0) is 104 Å². The number of nitrogens with one attached hydrogen (secondary N) is 2. The molecule has 1 unspecified atom stereocenters. The van der Waals surface area contributed by atoms with E-state index in [0.717, 1.165) is 93.3 Å². The van der Waals surface area contributed by atoms with Gasteiger partial charge in [-0.15, -0.1) is 0 Å². The van der Waals surface area contributed by atoms with Crippen molar-refractivity contribution >= 4 is 53.3 Å². The van der Waals surface area contributed by atoms with E-state index in [9.17, 15) is 28.6 Å². The molecule has 0 aromatic heterocycles. The molecule has 0 radical (unpaired) electrons. The summed E-state index contributed by atoms with van der Waals surface area (Å²) in [6.45, 7) is 16.3. The summed E-state index contributed by atoms with van der Waals surface area (Å²) in [6, 6.07) is 0. The maximum atomic E-state index is 13.0. The third-order valence-electron chi connectivity index (χ3n) is 21.3. The largest absolute Gasteiger partial charge is 0.472 e. The smallest absolute Gasteiger partial charge is 0.462 e. The lowest BCUT2D eigenvalue weighted by atomic mass is 9.47. The van der Waals surface area contributed by atoms with Gasteiger partial charge in [-0.25, -0.2) is 9.36 Å². The minimum atomic E-state index is -4.61. The van der Waals surface area contributed by atoms with Gasteiger partial charge in [0.15, 0.2) is 6.10 Å². The average molecular weight is 1320 g/mol. The Morgan fingerprint density at radius 1 is 0.600 bits per heavy atom. The number of alkyl carbamates (subject to hydrolysis) is 1. The van der Waals surface area contributed by atoms with Crippen LogP contribution < -0.4 is 10.6 Å². The quantitative estimate of drug-likeness (QED) is 0.0131. The van der Waals surface area contributed by atoms with E-state index in [1.807, 2.05) is 0 Å². The molecule has 0 spiro atoms. The predicted octanol–water partition coefficient (Wildman–Crippen LogP) is 21.1. The van der Waals surface area contributed by atoms with Crippen LogP contribution in [-0.4, -0.2) is 85.5 Å². The first-order valence-electron chi connectivity index (χ1n) is 37.6. The van der Waals surface area contributed by atoms with Gasteiger partial charge in [0.05, 0.1) is 13.2 Å². The molecule has 16 heteroatoms. The molecule has 2 amide bonds. The fourth-order valence-electron chi connectivity index (χ4n) is 15.9. The molecule has 0 aliphatic heterocycles. The highest BCUT2D eigenvalue weighted by Crippen LogP contribution is 2.67. The minimum Gasteiger partial charge on any atom is -0.462 e. The summed E-state index contributed by atoms with van der Waals surface area (Å²) < 4.78 is 40.5. The van der Waals surface area contributed by atoms with E-state index in [0.29, 0.717) is 36.3 Å². The number of amides is 2. The Hall–Kier alpha value is -1.77. The summed E-state index contributed by atoms with van der Waals surface area (Å²) in [5.74, 6) is 4.90.